The van der Waals surface area contributed by atoms with Crippen LogP contribution in [-0.2, 0) is 4.12 Å². The summed E-state index contributed by atoms with van der Waals surface area (Å²) in [6, 6.07) is 4.45. The van der Waals surface area contributed by atoms with Gasteiger partial charge >= 0.3 is 11.9 Å². The van der Waals surface area contributed by atoms with E-state index in [0.29, 0.717) is 0 Å². The molecule has 0 fully saturated rings. The Morgan fingerprint density at radius 2 is 1.63 bits per heavy atom. The molecular formula is C12H18O5Si2. The summed E-state index contributed by atoms with van der Waals surface area (Å²) in [7, 11) is -3.41. The molecule has 0 amide bonds. The Hall–Kier alpha value is -1.45. The Bertz CT molecular complexity index is 511. The van der Waals surface area contributed by atoms with E-state index in [2.05, 4.69) is 13.1 Å². The Morgan fingerprint density at radius 1 is 1.11 bits per heavy atom. The summed E-state index contributed by atoms with van der Waals surface area (Å²) >= 11 is 0. The van der Waals surface area contributed by atoms with Gasteiger partial charge in [0.05, 0.1) is 11.1 Å². The molecule has 0 aliphatic heterocycles. The van der Waals surface area contributed by atoms with Gasteiger partial charge in [-0.1, -0.05) is 6.07 Å². The van der Waals surface area contributed by atoms with Gasteiger partial charge in [-0.05, 0) is 43.5 Å². The van der Waals surface area contributed by atoms with Crippen LogP contribution in [0.4, 0.5) is 0 Å². The fourth-order valence-electron chi connectivity index (χ4n) is 1.94. The molecule has 0 bridgehead atoms. The van der Waals surface area contributed by atoms with E-state index in [1.807, 2.05) is 13.1 Å². The Kier molecular flexibility index (Phi) is 4.67. The van der Waals surface area contributed by atoms with E-state index in [4.69, 9.17) is 14.3 Å². The Morgan fingerprint density at radius 3 is 2.05 bits per heavy atom. The van der Waals surface area contributed by atoms with Crippen molar-refractivity contribution < 1.29 is 23.9 Å². The minimum absolute atomic E-state index is 0.181. The smallest absolute Gasteiger partial charge is 0.336 e. The van der Waals surface area contributed by atoms with Crippen LogP contribution in [0.5, 0.6) is 0 Å². The van der Waals surface area contributed by atoms with Gasteiger partial charge in [0, 0.05) is 0 Å². The maximum absolute atomic E-state index is 11.1. The maximum Gasteiger partial charge on any atom is 0.336 e. The summed E-state index contributed by atoms with van der Waals surface area (Å²) in [5.41, 5.74) is -0.373. The van der Waals surface area contributed by atoms with E-state index in [9.17, 15) is 9.59 Å². The van der Waals surface area contributed by atoms with Crippen LogP contribution in [0.1, 0.15) is 20.7 Å². The zero-order chi connectivity index (χ0) is 14.8. The first-order chi connectivity index (χ1) is 8.65. The second-order valence-electron chi connectivity index (χ2n) is 5.05. The fourth-order valence-corrected chi connectivity index (χ4v) is 8.17. The van der Waals surface area contributed by atoms with Crippen molar-refractivity contribution in [2.45, 2.75) is 26.2 Å². The van der Waals surface area contributed by atoms with Crippen LogP contribution >= 0.6 is 0 Å². The number of benzene rings is 1. The summed E-state index contributed by atoms with van der Waals surface area (Å²) in [6.07, 6.45) is 0. The molecular weight excluding hydrogens is 280 g/mol. The number of hydrogen-bond acceptors (Lipinski definition) is 3. The first kappa shape index (κ1) is 15.6. The van der Waals surface area contributed by atoms with Gasteiger partial charge in [-0.15, -0.1) is 0 Å². The number of carboxylic acid groups (broad SMARTS) is 2. The van der Waals surface area contributed by atoms with Gasteiger partial charge < -0.3 is 14.3 Å². The molecule has 0 radical (unpaired) electrons. The lowest BCUT2D eigenvalue weighted by Crippen LogP contribution is -2.47. The summed E-state index contributed by atoms with van der Waals surface area (Å²) in [6.45, 7) is 8.08. The lowest BCUT2D eigenvalue weighted by atomic mass is 10.1. The van der Waals surface area contributed by atoms with E-state index >= 15 is 0 Å². The number of hydrogen-bond donors (Lipinski definition) is 2. The van der Waals surface area contributed by atoms with E-state index in [1.165, 1.54) is 12.1 Å². The highest BCUT2D eigenvalue weighted by atomic mass is 28.4. The third kappa shape index (κ3) is 3.76. The maximum atomic E-state index is 11.1. The van der Waals surface area contributed by atoms with Crippen LogP contribution in [0.3, 0.4) is 0 Å². The van der Waals surface area contributed by atoms with E-state index < -0.39 is 29.3 Å². The molecule has 1 rings (SSSR count). The van der Waals surface area contributed by atoms with Crippen LogP contribution < -0.4 is 5.19 Å². The summed E-state index contributed by atoms with van der Waals surface area (Å²) in [5.74, 6) is -2.46. The van der Waals surface area contributed by atoms with Crippen molar-refractivity contribution in [3.05, 3.63) is 29.3 Å². The molecule has 0 aliphatic rings. The quantitative estimate of drug-likeness (QED) is 0.805. The zero-order valence-corrected chi connectivity index (χ0v) is 13.6. The van der Waals surface area contributed by atoms with Crippen molar-refractivity contribution in [1.29, 1.82) is 0 Å². The minimum atomic E-state index is -2.17. The molecule has 0 heterocycles. The molecule has 5 nitrogen and oxygen atoms in total. The monoisotopic (exact) mass is 298 g/mol. The molecule has 0 aliphatic carbocycles. The first-order valence-electron chi connectivity index (χ1n) is 5.94. The third-order valence-electron chi connectivity index (χ3n) is 2.71. The standard InChI is InChI=1S/C12H18O5Si2/c1-18(2)17-19(3,4)8-5-6-9(11(13)14)10(7-8)12(15)16/h5-7,18H,1-4H3,(H,13,14)(H,15,16). The van der Waals surface area contributed by atoms with Gasteiger partial charge in [-0.3, -0.25) is 0 Å². The van der Waals surface area contributed by atoms with Crippen LogP contribution in [0, 0.1) is 0 Å². The van der Waals surface area contributed by atoms with E-state index in [-0.39, 0.29) is 11.1 Å². The van der Waals surface area contributed by atoms with Crippen LogP contribution in [0.25, 0.3) is 0 Å². The fraction of sp³-hybridized carbons (Fsp3) is 0.333. The lowest BCUT2D eigenvalue weighted by Gasteiger charge is -2.26. The minimum Gasteiger partial charge on any atom is -0.478 e. The van der Waals surface area contributed by atoms with Crippen molar-refractivity contribution in [2.24, 2.45) is 0 Å². The van der Waals surface area contributed by atoms with Gasteiger partial charge in [0.1, 0.15) is 0 Å². The van der Waals surface area contributed by atoms with Gasteiger partial charge in [0.25, 0.3) is 0 Å². The van der Waals surface area contributed by atoms with Crippen molar-refractivity contribution in [1.82, 2.24) is 0 Å². The second-order valence-corrected chi connectivity index (χ2v) is 11.7. The molecule has 104 valence electrons. The number of carbonyl (C=O) groups is 2. The molecule has 2 N–H and O–H groups in total. The van der Waals surface area contributed by atoms with E-state index in [0.717, 1.165) is 5.19 Å². The highest BCUT2D eigenvalue weighted by Crippen LogP contribution is 2.13. The largest absolute Gasteiger partial charge is 0.478 e. The molecule has 1 aromatic rings. The molecule has 0 aromatic heterocycles. The molecule has 1 aromatic carbocycles. The predicted molar refractivity (Wildman–Crippen MR) is 77.4 cm³/mol. The van der Waals surface area contributed by atoms with Crippen LogP contribution in [0.2, 0.25) is 26.2 Å². The first-order valence-corrected chi connectivity index (χ1v) is 11.6. The topological polar surface area (TPSA) is 83.8 Å². The van der Waals surface area contributed by atoms with E-state index in [1.54, 1.807) is 6.07 Å². The average Bonchev–Trinajstić information content (AvgIpc) is 2.26. The second kappa shape index (κ2) is 5.68. The molecule has 0 saturated heterocycles. The lowest BCUT2D eigenvalue weighted by molar-refractivity contribution is 0.0651. The van der Waals surface area contributed by atoms with Crippen molar-refractivity contribution >= 4 is 34.5 Å². The number of rotatable bonds is 5. The van der Waals surface area contributed by atoms with Gasteiger partial charge in [-0.25, -0.2) is 9.59 Å². The van der Waals surface area contributed by atoms with Crippen LogP contribution in [0.15, 0.2) is 18.2 Å². The molecule has 0 saturated carbocycles. The molecule has 7 heteroatoms. The highest BCUT2D eigenvalue weighted by molar-refractivity contribution is 6.88. The van der Waals surface area contributed by atoms with Gasteiger partial charge in [-0.2, -0.15) is 0 Å². The molecule has 0 atom stereocenters. The van der Waals surface area contributed by atoms with Crippen LogP contribution in [-0.4, -0.2) is 39.5 Å². The molecule has 19 heavy (non-hydrogen) atoms. The number of aromatic carboxylic acids is 2. The van der Waals surface area contributed by atoms with Gasteiger partial charge in [0.15, 0.2) is 9.04 Å². The summed E-state index contributed by atoms with van der Waals surface area (Å²) in [5, 5.41) is 18.9. The van der Waals surface area contributed by atoms with Crippen molar-refractivity contribution in [3.8, 4) is 0 Å². The molecule has 0 spiro atoms. The summed E-state index contributed by atoms with van der Waals surface area (Å²) < 4.78 is 6.00. The zero-order valence-electron chi connectivity index (χ0n) is 11.4. The predicted octanol–water partition coefficient (Wildman–Crippen LogP) is 1.50. The average molecular weight is 298 g/mol. The normalized spacial score (nSPS) is 11.6. The summed E-state index contributed by atoms with van der Waals surface area (Å²) in [4.78, 5) is 22.1. The SMILES string of the molecule is C[SiH](C)O[Si](C)(C)c1ccc(C(=O)O)c(C(=O)O)c1. The van der Waals surface area contributed by atoms with Crippen molar-refractivity contribution in [3.63, 3.8) is 0 Å². The van der Waals surface area contributed by atoms with Crippen molar-refractivity contribution in [2.75, 3.05) is 0 Å². The highest BCUT2D eigenvalue weighted by Gasteiger charge is 2.28. The molecule has 0 unspecified atom stereocenters. The Labute approximate surface area is 114 Å². The Balaban J connectivity index is 3.29. The van der Waals surface area contributed by atoms with Gasteiger partial charge in [0.2, 0.25) is 8.32 Å². The third-order valence-corrected chi connectivity index (χ3v) is 8.65. The number of carboxylic acids is 2.